The monoisotopic (exact) mass is 1040 g/mol. The molecule has 1 aromatic carbocycles. The Balaban J connectivity index is 1.47. The highest BCUT2D eigenvalue weighted by Crippen LogP contribution is 2.31. The van der Waals surface area contributed by atoms with Gasteiger partial charge in [0, 0.05) is 46.8 Å². The molecular weight excluding hydrogens is 951 g/mol. The average Bonchev–Trinajstić information content (AvgIpc) is 4.10. The highest BCUT2D eigenvalue weighted by molar-refractivity contribution is 7.90. The number of amides is 5. The number of aliphatic carboxylic acids is 1. The minimum absolute atomic E-state index is 0.00192. The number of likely N-dealkylation sites (N-methyl/N-ethyl adjacent to an activating group) is 2. The van der Waals surface area contributed by atoms with Gasteiger partial charge >= 0.3 is 5.97 Å². The Hall–Kier alpha value is -4.41. The Kier molecular flexibility index (Phi) is 22.7. The number of likely N-dealkylation sites (tertiary alicyclic amines) is 2. The lowest BCUT2D eigenvalue weighted by Crippen LogP contribution is -2.60. The van der Waals surface area contributed by atoms with Crippen LogP contribution in [0.4, 0.5) is 0 Å². The first-order valence-electron chi connectivity index (χ1n) is 25.7. The summed E-state index contributed by atoms with van der Waals surface area (Å²) in [5.74, 6) is -3.90. The van der Waals surface area contributed by atoms with Crippen LogP contribution in [0.3, 0.4) is 0 Å². The lowest BCUT2D eigenvalue weighted by atomic mass is 9.89. The van der Waals surface area contributed by atoms with Gasteiger partial charge in [0.2, 0.25) is 27.7 Å². The quantitative estimate of drug-likeness (QED) is 0.0757. The van der Waals surface area contributed by atoms with Crippen molar-refractivity contribution < 1.29 is 61.6 Å². The summed E-state index contributed by atoms with van der Waals surface area (Å²) in [6.45, 7) is 14.2. The first kappa shape index (κ1) is 60.1. The molecule has 0 bridgehead atoms. The highest BCUT2D eigenvalue weighted by Gasteiger charge is 2.44. The maximum absolute atomic E-state index is 14.5. The maximum atomic E-state index is 14.5. The Morgan fingerprint density at radius 3 is 1.97 bits per heavy atom. The Bertz CT molecular complexity index is 2070. The lowest BCUT2D eigenvalue weighted by molar-refractivity contribution is -0.148. The van der Waals surface area contributed by atoms with Crippen molar-refractivity contribution in [2.45, 2.75) is 160 Å². The van der Waals surface area contributed by atoms with E-state index in [4.69, 9.17) is 14.2 Å². The molecule has 4 rings (SSSR count). The van der Waals surface area contributed by atoms with Crippen molar-refractivity contribution in [3.8, 4) is 5.75 Å². The normalized spacial score (nSPS) is 20.5. The summed E-state index contributed by atoms with van der Waals surface area (Å²) in [5, 5.41) is 26.4. The molecule has 3 fully saturated rings. The van der Waals surface area contributed by atoms with Crippen LogP contribution in [0.1, 0.15) is 105 Å². The number of carboxylic acids is 1. The second-order valence-electron chi connectivity index (χ2n) is 21.0. The van der Waals surface area contributed by atoms with Gasteiger partial charge in [-0.3, -0.25) is 43.7 Å². The molecule has 21 heteroatoms. The number of rotatable bonds is 28. The van der Waals surface area contributed by atoms with Crippen LogP contribution in [0.5, 0.6) is 5.75 Å². The Labute approximate surface area is 427 Å². The molecule has 10 atom stereocenters. The van der Waals surface area contributed by atoms with E-state index < -0.39 is 87.6 Å². The van der Waals surface area contributed by atoms with Crippen molar-refractivity contribution in [3.63, 3.8) is 0 Å². The molecule has 5 amide bonds. The van der Waals surface area contributed by atoms with Crippen molar-refractivity contribution >= 4 is 45.5 Å². The summed E-state index contributed by atoms with van der Waals surface area (Å²) in [6.07, 6.45) is 0.539. The van der Waals surface area contributed by atoms with Crippen LogP contribution in [0.2, 0.25) is 0 Å². The van der Waals surface area contributed by atoms with E-state index in [1.54, 1.807) is 52.9 Å². The molecule has 0 spiro atoms. The number of aliphatic hydroxyl groups is 1. The number of carbonyl (C=O) groups is 6. The summed E-state index contributed by atoms with van der Waals surface area (Å²) in [5.41, 5.74) is 0.598. The number of nitrogens with one attached hydrogen (secondary N) is 3. The molecule has 1 aliphatic carbocycles. The number of methoxy groups -OCH3 is 2. The fourth-order valence-corrected chi connectivity index (χ4v) is 11.6. The molecule has 2 heterocycles. The predicted molar refractivity (Wildman–Crippen MR) is 271 cm³/mol. The van der Waals surface area contributed by atoms with Gasteiger partial charge in [-0.15, -0.1) is 0 Å². The molecule has 5 N–H and O–H groups in total. The first-order chi connectivity index (χ1) is 33.9. The number of hydrogen-bond donors (Lipinski definition) is 5. The zero-order chi connectivity index (χ0) is 53.8. The van der Waals surface area contributed by atoms with Crippen LogP contribution in [0, 0.1) is 29.6 Å². The number of carboxylic acid groups (broad SMARTS) is 1. The Morgan fingerprint density at radius 2 is 1.46 bits per heavy atom. The zero-order valence-electron chi connectivity index (χ0n) is 44.7. The molecular formula is C51H85N7O13S. The first-order valence-corrected chi connectivity index (χ1v) is 27.2. The van der Waals surface area contributed by atoms with Gasteiger partial charge in [0.15, 0.2) is 6.61 Å². The van der Waals surface area contributed by atoms with E-state index in [9.17, 15) is 47.4 Å². The maximum Gasteiger partial charge on any atom is 0.306 e. The van der Waals surface area contributed by atoms with Gasteiger partial charge in [0.25, 0.3) is 11.8 Å². The fourth-order valence-electron chi connectivity index (χ4n) is 10.3. The van der Waals surface area contributed by atoms with Crippen molar-refractivity contribution in [3.05, 3.63) is 29.8 Å². The van der Waals surface area contributed by atoms with E-state index in [0.717, 1.165) is 0 Å². The van der Waals surface area contributed by atoms with Gasteiger partial charge in [0.05, 0.1) is 54.0 Å². The van der Waals surface area contributed by atoms with Crippen LogP contribution in [-0.4, -0.2) is 189 Å². The smallest absolute Gasteiger partial charge is 0.306 e. The van der Waals surface area contributed by atoms with Crippen LogP contribution >= 0.6 is 0 Å². The van der Waals surface area contributed by atoms with E-state index in [1.165, 1.54) is 14.2 Å². The molecule has 20 nitrogen and oxygen atoms in total. The summed E-state index contributed by atoms with van der Waals surface area (Å²) in [6, 6.07) is 3.06. The molecule has 0 aromatic heterocycles. The van der Waals surface area contributed by atoms with Crippen molar-refractivity contribution in [2.24, 2.45) is 29.6 Å². The molecule has 1 aromatic rings. The zero-order valence-corrected chi connectivity index (χ0v) is 45.5. The molecule has 2 aliphatic heterocycles. The summed E-state index contributed by atoms with van der Waals surface area (Å²) >= 11 is 0. The number of sulfonamides is 1. The second kappa shape index (κ2) is 27.2. The number of benzene rings is 1. The van der Waals surface area contributed by atoms with E-state index >= 15 is 0 Å². The van der Waals surface area contributed by atoms with Gasteiger partial charge in [-0.25, -0.2) is 8.42 Å². The molecule has 1 unspecified atom stereocenters. The molecule has 3 aliphatic rings. The Morgan fingerprint density at radius 1 is 0.833 bits per heavy atom. The van der Waals surface area contributed by atoms with Gasteiger partial charge in [-0.2, -0.15) is 0 Å². The topological polar surface area (TPSA) is 254 Å². The van der Waals surface area contributed by atoms with Crippen LogP contribution in [-0.2, 0) is 54.7 Å². The molecule has 2 saturated heterocycles. The van der Waals surface area contributed by atoms with E-state index in [1.807, 2.05) is 60.5 Å². The van der Waals surface area contributed by atoms with Gasteiger partial charge in [-0.05, 0) is 94.5 Å². The minimum atomic E-state index is -3.95. The number of nitrogens with zero attached hydrogens (tertiary/aromatic N) is 4. The van der Waals surface area contributed by atoms with Gasteiger partial charge < -0.3 is 44.4 Å². The third-order valence-electron chi connectivity index (χ3n) is 14.9. The van der Waals surface area contributed by atoms with Crippen LogP contribution in [0.25, 0.3) is 0 Å². The summed E-state index contributed by atoms with van der Waals surface area (Å²) in [4.78, 5) is 87.1. The number of ether oxygens (including phenoxy) is 3. The number of piperidine rings is 1. The van der Waals surface area contributed by atoms with E-state index in [2.05, 4.69) is 15.4 Å². The van der Waals surface area contributed by atoms with Crippen LogP contribution in [0.15, 0.2) is 24.3 Å². The molecule has 0 radical (unpaired) electrons. The standard InChI is InChI=1S/C51H85N7O13S/c1-13-32(6)45(56(10)50(64)43(30(2)3)53-49(63)44(31(4)5)55(8)9)40(69-11)28-41(59)58-24-14-15-39(58)46(70-12)33(7)47(61)52-38(48(62)54-72(67,68)37-20-21-37)27-34-16-18-36(19-17-34)71-29-42(60)57-25-22-35(23-26-57)51(65)66/h16-19,30-33,35,37-40,43-47,52,61H,13-15,20-29H2,1-12H3,(H,53,63)(H,54,62)(H,65,66)/t32-,33+,38-,39-,40+,43-,44-,45-,46+,47?/m0/s1. The number of hydrogen-bond acceptors (Lipinski definition) is 14. The van der Waals surface area contributed by atoms with Gasteiger partial charge in [-0.1, -0.05) is 67.0 Å². The van der Waals surface area contributed by atoms with Crippen molar-refractivity contribution in [1.82, 2.24) is 35.0 Å². The second-order valence-corrected chi connectivity index (χ2v) is 23.0. The van der Waals surface area contributed by atoms with E-state index in [0.29, 0.717) is 75.9 Å². The molecule has 408 valence electrons. The molecule has 72 heavy (non-hydrogen) atoms. The minimum Gasteiger partial charge on any atom is -0.484 e. The number of carbonyl (C=O) groups excluding carboxylic acids is 5. The predicted octanol–water partition coefficient (Wildman–Crippen LogP) is 2.46. The van der Waals surface area contributed by atoms with Crippen molar-refractivity contribution in [1.29, 1.82) is 0 Å². The fraction of sp³-hybridized carbons (Fsp3) is 0.765. The van der Waals surface area contributed by atoms with Gasteiger partial charge in [0.1, 0.15) is 18.0 Å². The van der Waals surface area contributed by atoms with Crippen LogP contribution < -0.4 is 20.1 Å². The SMILES string of the molecule is CC[C@H](C)[C@@H]([C@@H](CC(=O)N1CCC[C@H]1[C@H](OC)[C@@H](C)C(O)N[C@@H](Cc1ccc(OCC(=O)N2CCC(C(=O)O)CC2)cc1)C(=O)NS(=O)(=O)C1CC1)OC)N(C)C(=O)[C@@H](NC(=O)[C@H](C(C)C)N(C)C)C(C)C. The van der Waals surface area contributed by atoms with Crippen molar-refractivity contribution in [2.75, 3.05) is 61.6 Å². The summed E-state index contributed by atoms with van der Waals surface area (Å²) < 4.78 is 46.0. The largest absolute Gasteiger partial charge is 0.484 e. The van der Waals surface area contributed by atoms with E-state index in [-0.39, 0.29) is 60.8 Å². The molecule has 1 saturated carbocycles. The lowest BCUT2D eigenvalue weighted by Gasteiger charge is -2.41. The number of aliphatic hydroxyl groups excluding tert-OH is 1. The highest BCUT2D eigenvalue weighted by atomic mass is 32.2. The third kappa shape index (κ3) is 16.0. The third-order valence-corrected chi connectivity index (χ3v) is 16.7. The average molecular weight is 1040 g/mol. The summed E-state index contributed by atoms with van der Waals surface area (Å²) in [7, 11) is 4.42.